The first-order valence-electron chi connectivity index (χ1n) is 12.4. The van der Waals surface area contributed by atoms with Crippen LogP contribution in [0.1, 0.15) is 71.5 Å². The number of methoxy groups -OCH3 is 1. The minimum Gasteiger partial charge on any atom is -0.503 e. The highest BCUT2D eigenvalue weighted by molar-refractivity contribution is 7.14. The first kappa shape index (κ1) is 27.7. The zero-order valence-corrected chi connectivity index (χ0v) is 22.6. The van der Waals surface area contributed by atoms with Crippen LogP contribution >= 0.6 is 11.3 Å². The van der Waals surface area contributed by atoms with Crippen LogP contribution in [-0.2, 0) is 9.53 Å². The van der Waals surface area contributed by atoms with Gasteiger partial charge in [-0.05, 0) is 51.3 Å². The third-order valence-corrected chi connectivity index (χ3v) is 7.07. The van der Waals surface area contributed by atoms with Gasteiger partial charge in [-0.15, -0.1) is 11.3 Å². The third kappa shape index (κ3) is 6.07. The number of hydrogen-bond donors (Lipinski definition) is 1. The highest BCUT2D eigenvalue weighted by Gasteiger charge is 2.44. The van der Waals surface area contributed by atoms with Gasteiger partial charge in [0.1, 0.15) is 0 Å². The first-order valence-corrected chi connectivity index (χ1v) is 13.3. The van der Waals surface area contributed by atoms with E-state index in [4.69, 9.17) is 14.2 Å². The molecule has 8 nitrogen and oxygen atoms in total. The van der Waals surface area contributed by atoms with Gasteiger partial charge in [0.15, 0.2) is 17.3 Å². The van der Waals surface area contributed by atoms with E-state index in [9.17, 15) is 14.7 Å². The Morgan fingerprint density at radius 1 is 1.11 bits per heavy atom. The van der Waals surface area contributed by atoms with E-state index in [-0.39, 0.29) is 11.4 Å². The van der Waals surface area contributed by atoms with E-state index in [2.05, 4.69) is 11.9 Å². The summed E-state index contributed by atoms with van der Waals surface area (Å²) in [5, 5.41) is 11.7. The minimum atomic E-state index is -0.767. The van der Waals surface area contributed by atoms with Crippen LogP contribution in [-0.4, -0.2) is 60.2 Å². The van der Waals surface area contributed by atoms with Gasteiger partial charge >= 0.3 is 0 Å². The van der Waals surface area contributed by atoms with E-state index < -0.39 is 17.7 Å². The molecule has 1 aliphatic rings. The Kier molecular flexibility index (Phi) is 9.89. The number of amides is 1. The molecule has 3 rings (SSSR count). The van der Waals surface area contributed by atoms with Gasteiger partial charge in [-0.1, -0.05) is 25.8 Å². The van der Waals surface area contributed by atoms with Crippen LogP contribution in [0.2, 0.25) is 0 Å². The summed E-state index contributed by atoms with van der Waals surface area (Å²) in [4.78, 5) is 33.1. The maximum atomic E-state index is 13.7. The molecule has 1 aliphatic heterocycles. The summed E-state index contributed by atoms with van der Waals surface area (Å²) >= 11 is 1.26. The van der Waals surface area contributed by atoms with E-state index in [0.717, 1.165) is 24.3 Å². The monoisotopic (exact) mass is 516 g/mol. The van der Waals surface area contributed by atoms with Crippen molar-refractivity contribution >= 4 is 23.0 Å². The number of aliphatic hydroxyl groups is 1. The summed E-state index contributed by atoms with van der Waals surface area (Å²) in [6.45, 7) is 9.38. The summed E-state index contributed by atoms with van der Waals surface area (Å²) in [5.74, 6) is -0.330. The molecule has 1 atom stereocenters. The fraction of sp³-hybridized carbons (Fsp3) is 0.519. The zero-order chi connectivity index (χ0) is 26.2. The molecule has 196 valence electrons. The SMILES string of the molecule is CCCCCOc1ccc(C2C(C(=O)c3sc(C)nc3C)=C(O)C(=O)N2CCCOC)cc1OCC. The number of hydrogen-bond acceptors (Lipinski definition) is 8. The van der Waals surface area contributed by atoms with Crippen molar-refractivity contribution in [1.29, 1.82) is 0 Å². The number of ether oxygens (including phenoxy) is 3. The third-order valence-electron chi connectivity index (χ3n) is 5.99. The van der Waals surface area contributed by atoms with Crippen LogP contribution in [0.15, 0.2) is 29.5 Å². The standard InChI is InChI=1S/C27H36N2O6S/c1-6-8-9-15-35-20-12-11-19(16-21(20)34-7-2)23-22(24(30)26-17(3)28-18(4)36-26)25(31)27(32)29(23)13-10-14-33-5/h11-12,16,23,31H,6-10,13-15H2,1-5H3. The molecular formula is C27H36N2O6S. The van der Waals surface area contributed by atoms with E-state index >= 15 is 0 Å². The number of aliphatic hydroxyl groups excluding tert-OH is 1. The van der Waals surface area contributed by atoms with E-state index in [0.29, 0.717) is 60.4 Å². The second-order valence-electron chi connectivity index (χ2n) is 8.68. The molecule has 0 saturated carbocycles. The average Bonchev–Trinajstić information content (AvgIpc) is 3.32. The van der Waals surface area contributed by atoms with Crippen molar-refractivity contribution in [2.75, 3.05) is 33.5 Å². The van der Waals surface area contributed by atoms with E-state index in [1.54, 1.807) is 20.1 Å². The number of unbranched alkanes of at least 4 members (excludes halogenated alkanes) is 2. The molecule has 0 aliphatic carbocycles. The predicted molar refractivity (Wildman–Crippen MR) is 139 cm³/mol. The zero-order valence-electron chi connectivity index (χ0n) is 21.8. The average molecular weight is 517 g/mol. The molecule has 1 unspecified atom stereocenters. The largest absolute Gasteiger partial charge is 0.503 e. The molecule has 9 heteroatoms. The Balaban J connectivity index is 2.03. The van der Waals surface area contributed by atoms with Crippen molar-refractivity contribution in [3.05, 3.63) is 50.7 Å². The number of aromatic nitrogens is 1. The van der Waals surface area contributed by atoms with Gasteiger partial charge < -0.3 is 24.2 Å². The maximum absolute atomic E-state index is 13.7. The normalized spacial score (nSPS) is 15.6. The van der Waals surface area contributed by atoms with Crippen LogP contribution in [0.4, 0.5) is 0 Å². The highest BCUT2D eigenvalue weighted by Crippen LogP contribution is 2.42. The Morgan fingerprint density at radius 3 is 2.53 bits per heavy atom. The van der Waals surface area contributed by atoms with Crippen molar-refractivity contribution in [2.24, 2.45) is 0 Å². The molecule has 1 N–H and O–H groups in total. The minimum absolute atomic E-state index is 0.0585. The number of thiazole rings is 1. The van der Waals surface area contributed by atoms with Crippen molar-refractivity contribution in [3.63, 3.8) is 0 Å². The second-order valence-corrected chi connectivity index (χ2v) is 9.88. The second kappa shape index (κ2) is 12.9. The van der Waals surface area contributed by atoms with Crippen molar-refractivity contribution in [1.82, 2.24) is 9.88 Å². The summed E-state index contributed by atoms with van der Waals surface area (Å²) in [7, 11) is 1.59. The molecule has 36 heavy (non-hydrogen) atoms. The van der Waals surface area contributed by atoms with Gasteiger partial charge in [0.05, 0.1) is 40.4 Å². The molecule has 1 amide bonds. The Labute approximate surface area is 216 Å². The lowest BCUT2D eigenvalue weighted by molar-refractivity contribution is -0.129. The number of Topliss-reactive ketones (excluding diaryl/α,β-unsaturated/α-hetero) is 1. The number of nitrogens with zero attached hydrogens (tertiary/aromatic N) is 2. The molecule has 0 fully saturated rings. The molecule has 0 radical (unpaired) electrons. The van der Waals surface area contributed by atoms with Gasteiger partial charge in [-0.2, -0.15) is 0 Å². The number of carbonyl (C=O) groups excluding carboxylic acids is 2. The number of rotatable bonds is 14. The number of ketones is 1. The van der Waals surface area contributed by atoms with Crippen LogP contribution in [0, 0.1) is 13.8 Å². The fourth-order valence-corrected chi connectivity index (χ4v) is 5.20. The van der Waals surface area contributed by atoms with Gasteiger partial charge in [0, 0.05) is 20.3 Å². The fourth-order valence-electron chi connectivity index (χ4n) is 4.32. The molecular weight excluding hydrogens is 480 g/mol. The summed E-state index contributed by atoms with van der Waals surface area (Å²) in [5.41, 5.74) is 1.30. The predicted octanol–water partition coefficient (Wildman–Crippen LogP) is 5.34. The quantitative estimate of drug-likeness (QED) is 0.267. The smallest absolute Gasteiger partial charge is 0.290 e. The highest BCUT2D eigenvalue weighted by atomic mass is 32.1. The van der Waals surface area contributed by atoms with Crippen LogP contribution < -0.4 is 9.47 Å². The van der Waals surface area contributed by atoms with Crippen molar-refractivity contribution in [2.45, 2.75) is 59.4 Å². The summed E-state index contributed by atoms with van der Waals surface area (Å²) in [6.07, 6.45) is 3.68. The Morgan fingerprint density at radius 2 is 1.89 bits per heavy atom. The topological polar surface area (TPSA) is 98.2 Å². The number of carbonyl (C=O) groups is 2. The van der Waals surface area contributed by atoms with Crippen LogP contribution in [0.25, 0.3) is 0 Å². The lowest BCUT2D eigenvalue weighted by Gasteiger charge is -2.27. The molecule has 0 spiro atoms. The molecule has 0 saturated heterocycles. The van der Waals surface area contributed by atoms with Gasteiger partial charge in [-0.3, -0.25) is 9.59 Å². The maximum Gasteiger partial charge on any atom is 0.290 e. The summed E-state index contributed by atoms with van der Waals surface area (Å²) < 4.78 is 17.0. The van der Waals surface area contributed by atoms with E-state index in [1.165, 1.54) is 16.2 Å². The first-order chi connectivity index (χ1) is 17.3. The Hall–Kier alpha value is -2.91. The van der Waals surface area contributed by atoms with Gasteiger partial charge in [0.25, 0.3) is 5.91 Å². The van der Waals surface area contributed by atoms with Crippen molar-refractivity contribution < 1.29 is 28.9 Å². The van der Waals surface area contributed by atoms with Crippen molar-refractivity contribution in [3.8, 4) is 11.5 Å². The van der Waals surface area contributed by atoms with E-state index in [1.807, 2.05) is 26.0 Å². The molecule has 1 aromatic carbocycles. The molecule has 2 heterocycles. The van der Waals surface area contributed by atoms with Gasteiger partial charge in [-0.25, -0.2) is 4.98 Å². The van der Waals surface area contributed by atoms with Crippen LogP contribution in [0.5, 0.6) is 11.5 Å². The van der Waals surface area contributed by atoms with Gasteiger partial charge in [0.2, 0.25) is 5.78 Å². The molecule has 2 aromatic rings. The lowest BCUT2D eigenvalue weighted by Crippen LogP contribution is -2.32. The summed E-state index contributed by atoms with van der Waals surface area (Å²) in [6, 6.07) is 4.67. The number of benzene rings is 1. The Bertz CT molecular complexity index is 1110. The lowest BCUT2D eigenvalue weighted by atomic mass is 9.94. The van der Waals surface area contributed by atoms with Crippen LogP contribution in [0.3, 0.4) is 0 Å². The molecule has 1 aromatic heterocycles. The molecule has 0 bridgehead atoms. The number of aryl methyl sites for hydroxylation is 2.